The Morgan fingerprint density at radius 2 is 2.30 bits per heavy atom. The van der Waals surface area contributed by atoms with Crippen molar-refractivity contribution in [1.82, 2.24) is 24.6 Å². The number of rotatable bonds is 5. The molecule has 1 fully saturated rings. The van der Waals surface area contributed by atoms with Crippen LogP contribution >= 0.6 is 22.7 Å². The summed E-state index contributed by atoms with van der Waals surface area (Å²) in [6.07, 6.45) is 5.95. The highest BCUT2D eigenvalue weighted by Crippen LogP contribution is 2.28. The van der Waals surface area contributed by atoms with Crippen LogP contribution in [0.25, 0.3) is 9.88 Å². The first kappa shape index (κ1) is 15.0. The fraction of sp³-hybridized carbons (Fsp3) is 0.438. The van der Waals surface area contributed by atoms with E-state index in [9.17, 15) is 0 Å². The van der Waals surface area contributed by atoms with E-state index >= 15 is 0 Å². The molecule has 0 spiro atoms. The standard InChI is InChI=1S/C16H19N5S2/c1-3-13(8-21-12-17-11-18-21)7-20(5-1)9-14-10-23-16(19-14)15-4-2-6-22-15/h2,4,6,10-13H,1,3,5,7-9H2/t13-/m0/s1. The number of hydrogen-bond acceptors (Lipinski definition) is 6. The first-order chi connectivity index (χ1) is 11.4. The summed E-state index contributed by atoms with van der Waals surface area (Å²) in [6.45, 7) is 4.20. The Balaban J connectivity index is 1.37. The van der Waals surface area contributed by atoms with Gasteiger partial charge in [-0.25, -0.2) is 9.97 Å². The lowest BCUT2D eigenvalue weighted by atomic mass is 9.98. The maximum absolute atomic E-state index is 4.81. The van der Waals surface area contributed by atoms with Crippen LogP contribution in [0.4, 0.5) is 0 Å². The number of hydrogen-bond donors (Lipinski definition) is 0. The van der Waals surface area contributed by atoms with Crippen LogP contribution in [0.1, 0.15) is 18.5 Å². The van der Waals surface area contributed by atoms with Gasteiger partial charge in [-0.15, -0.1) is 22.7 Å². The molecule has 5 nitrogen and oxygen atoms in total. The fourth-order valence-electron chi connectivity index (χ4n) is 3.16. The average Bonchev–Trinajstić information content (AvgIpc) is 3.30. The van der Waals surface area contributed by atoms with Crippen LogP contribution in [0.5, 0.6) is 0 Å². The van der Waals surface area contributed by atoms with Gasteiger partial charge in [0.25, 0.3) is 0 Å². The predicted octanol–water partition coefficient (Wildman–Crippen LogP) is 3.38. The second kappa shape index (κ2) is 6.90. The molecule has 1 atom stereocenters. The Kier molecular flexibility index (Phi) is 4.50. The number of aromatic nitrogens is 4. The van der Waals surface area contributed by atoms with Gasteiger partial charge in [0.05, 0.1) is 10.6 Å². The molecule has 4 rings (SSSR count). The van der Waals surface area contributed by atoms with Crippen LogP contribution < -0.4 is 0 Å². The van der Waals surface area contributed by atoms with Crippen molar-refractivity contribution in [2.45, 2.75) is 25.9 Å². The summed E-state index contributed by atoms with van der Waals surface area (Å²) in [5.74, 6) is 0.654. The SMILES string of the molecule is c1csc(-c2nc(CN3CCC[C@H](Cn4cncn4)C3)cs2)c1. The molecule has 0 aliphatic carbocycles. The fourth-order valence-corrected chi connectivity index (χ4v) is 4.78. The summed E-state index contributed by atoms with van der Waals surface area (Å²) in [5.41, 5.74) is 1.19. The first-order valence-corrected chi connectivity index (χ1v) is 9.66. The van der Waals surface area contributed by atoms with Crippen molar-refractivity contribution in [3.05, 3.63) is 41.2 Å². The summed E-state index contributed by atoms with van der Waals surface area (Å²) in [4.78, 5) is 12.6. The van der Waals surface area contributed by atoms with Crippen LogP contribution in [-0.2, 0) is 13.1 Å². The van der Waals surface area contributed by atoms with Crippen molar-refractivity contribution in [2.75, 3.05) is 13.1 Å². The van der Waals surface area contributed by atoms with Crippen molar-refractivity contribution in [3.63, 3.8) is 0 Å². The highest BCUT2D eigenvalue weighted by atomic mass is 32.1. The van der Waals surface area contributed by atoms with Gasteiger partial charge in [-0.3, -0.25) is 9.58 Å². The molecule has 0 radical (unpaired) electrons. The third kappa shape index (κ3) is 3.68. The summed E-state index contributed by atoms with van der Waals surface area (Å²) in [6, 6.07) is 4.22. The van der Waals surface area contributed by atoms with E-state index in [4.69, 9.17) is 4.98 Å². The molecule has 1 saturated heterocycles. The minimum absolute atomic E-state index is 0.654. The van der Waals surface area contributed by atoms with E-state index in [1.807, 2.05) is 11.0 Å². The third-order valence-electron chi connectivity index (χ3n) is 4.18. The van der Waals surface area contributed by atoms with Gasteiger partial charge in [-0.1, -0.05) is 6.07 Å². The Hall–Kier alpha value is -1.57. The minimum Gasteiger partial charge on any atom is -0.297 e. The number of piperidine rings is 1. The van der Waals surface area contributed by atoms with Crippen LogP contribution in [-0.4, -0.2) is 37.7 Å². The zero-order valence-corrected chi connectivity index (χ0v) is 14.5. The maximum atomic E-state index is 4.81. The second-order valence-corrected chi connectivity index (χ2v) is 7.79. The summed E-state index contributed by atoms with van der Waals surface area (Å²) in [5, 5.41) is 9.68. The normalized spacial score (nSPS) is 19.2. The molecule has 0 saturated carbocycles. The molecule has 1 aliphatic rings. The molecule has 4 heterocycles. The molecule has 3 aromatic heterocycles. The van der Waals surface area contributed by atoms with E-state index < -0.39 is 0 Å². The molecule has 0 unspecified atom stereocenters. The largest absolute Gasteiger partial charge is 0.297 e. The molecule has 0 bridgehead atoms. The van der Waals surface area contributed by atoms with Crippen molar-refractivity contribution >= 4 is 22.7 Å². The van der Waals surface area contributed by atoms with Gasteiger partial charge in [-0.2, -0.15) is 5.10 Å². The highest BCUT2D eigenvalue weighted by molar-refractivity contribution is 7.20. The zero-order valence-electron chi connectivity index (χ0n) is 12.8. The monoisotopic (exact) mass is 345 g/mol. The molecule has 1 aliphatic heterocycles. The van der Waals surface area contributed by atoms with Crippen molar-refractivity contribution in [3.8, 4) is 9.88 Å². The zero-order chi connectivity index (χ0) is 15.5. The summed E-state index contributed by atoms with van der Waals surface area (Å²) >= 11 is 3.51. The number of likely N-dealkylation sites (tertiary alicyclic amines) is 1. The molecule has 0 amide bonds. The van der Waals surface area contributed by atoms with E-state index in [0.29, 0.717) is 5.92 Å². The topological polar surface area (TPSA) is 46.8 Å². The Morgan fingerprint density at radius 1 is 1.30 bits per heavy atom. The van der Waals surface area contributed by atoms with Crippen molar-refractivity contribution in [2.24, 2.45) is 5.92 Å². The molecule has 3 aromatic rings. The van der Waals surface area contributed by atoms with Crippen molar-refractivity contribution in [1.29, 1.82) is 0 Å². The van der Waals surface area contributed by atoms with Crippen LogP contribution in [0.2, 0.25) is 0 Å². The quantitative estimate of drug-likeness (QED) is 0.711. The summed E-state index contributed by atoms with van der Waals surface area (Å²) < 4.78 is 1.95. The van der Waals surface area contributed by atoms with Gasteiger partial charge in [0, 0.05) is 25.0 Å². The lowest BCUT2D eigenvalue weighted by molar-refractivity contribution is 0.152. The van der Waals surface area contributed by atoms with Crippen LogP contribution in [0, 0.1) is 5.92 Å². The smallest absolute Gasteiger partial charge is 0.137 e. The lowest BCUT2D eigenvalue weighted by Gasteiger charge is -2.32. The molecule has 7 heteroatoms. The summed E-state index contributed by atoms with van der Waals surface area (Å²) in [7, 11) is 0. The van der Waals surface area contributed by atoms with Gasteiger partial charge in [0.2, 0.25) is 0 Å². The van der Waals surface area contributed by atoms with E-state index in [1.165, 1.54) is 30.0 Å². The molecular weight excluding hydrogens is 326 g/mol. The average molecular weight is 345 g/mol. The predicted molar refractivity (Wildman–Crippen MR) is 93.5 cm³/mol. The van der Waals surface area contributed by atoms with Crippen LogP contribution in [0.3, 0.4) is 0 Å². The van der Waals surface area contributed by atoms with Gasteiger partial charge in [0.15, 0.2) is 0 Å². The minimum atomic E-state index is 0.654. The molecule has 0 aromatic carbocycles. The molecular formula is C16H19N5S2. The Labute approximate surface area is 143 Å². The van der Waals surface area contributed by atoms with E-state index in [-0.39, 0.29) is 0 Å². The maximum Gasteiger partial charge on any atom is 0.137 e. The van der Waals surface area contributed by atoms with Gasteiger partial charge >= 0.3 is 0 Å². The van der Waals surface area contributed by atoms with E-state index in [2.05, 4.69) is 37.9 Å². The Morgan fingerprint density at radius 3 is 3.13 bits per heavy atom. The van der Waals surface area contributed by atoms with Crippen LogP contribution in [0.15, 0.2) is 35.5 Å². The number of thiophene rings is 1. The molecule has 23 heavy (non-hydrogen) atoms. The first-order valence-electron chi connectivity index (χ1n) is 7.90. The van der Waals surface area contributed by atoms with Crippen molar-refractivity contribution < 1.29 is 0 Å². The molecule has 0 N–H and O–H groups in total. The van der Waals surface area contributed by atoms with E-state index in [0.717, 1.165) is 24.6 Å². The van der Waals surface area contributed by atoms with Gasteiger partial charge in [0.1, 0.15) is 17.7 Å². The van der Waals surface area contributed by atoms with Gasteiger partial charge < -0.3 is 0 Å². The van der Waals surface area contributed by atoms with Gasteiger partial charge in [-0.05, 0) is 36.8 Å². The Bertz CT molecular complexity index is 720. The number of thiazole rings is 1. The number of nitrogens with zero attached hydrogens (tertiary/aromatic N) is 5. The van der Waals surface area contributed by atoms with E-state index in [1.54, 1.807) is 29.0 Å². The third-order valence-corrected chi connectivity index (χ3v) is 6.11. The second-order valence-electron chi connectivity index (χ2n) is 5.98. The lowest BCUT2D eigenvalue weighted by Crippen LogP contribution is -2.36. The molecule has 120 valence electrons. The highest BCUT2D eigenvalue weighted by Gasteiger charge is 2.21.